The van der Waals surface area contributed by atoms with Gasteiger partial charge in [-0.25, -0.2) is 4.99 Å². The standard InChI is InChI=1S/C20H34N6O3/c1-16-12-17(23-29-16)15-25-7-9-26(10-8-25)20(22-14-19(27)24(2)3)21-13-18-6-4-5-11-28-18/h12,18H,4-11,13-15H2,1-3H3,(H,21,22). The molecule has 0 saturated carbocycles. The molecule has 0 bridgehead atoms. The normalized spacial score (nSPS) is 21.3. The molecule has 29 heavy (non-hydrogen) atoms. The van der Waals surface area contributed by atoms with Crippen LogP contribution in [0.5, 0.6) is 0 Å². The molecule has 2 aliphatic rings. The maximum absolute atomic E-state index is 12.0. The molecule has 9 heteroatoms. The molecule has 2 aliphatic heterocycles. The minimum Gasteiger partial charge on any atom is -0.376 e. The van der Waals surface area contributed by atoms with E-state index in [1.165, 1.54) is 6.42 Å². The van der Waals surface area contributed by atoms with E-state index in [-0.39, 0.29) is 18.6 Å². The van der Waals surface area contributed by atoms with Crippen LogP contribution in [-0.4, -0.2) is 97.8 Å². The number of amides is 1. The predicted octanol–water partition coefficient (Wildman–Crippen LogP) is 0.704. The smallest absolute Gasteiger partial charge is 0.243 e. The molecule has 0 aliphatic carbocycles. The molecular weight excluding hydrogens is 372 g/mol. The first-order chi connectivity index (χ1) is 14.0. The summed E-state index contributed by atoms with van der Waals surface area (Å²) in [6.45, 7) is 7.94. The van der Waals surface area contributed by atoms with Crippen molar-refractivity contribution in [3.63, 3.8) is 0 Å². The number of carbonyl (C=O) groups excluding carboxylic acids is 1. The number of aryl methyl sites for hydroxylation is 1. The van der Waals surface area contributed by atoms with E-state index in [2.05, 4.69) is 25.3 Å². The third kappa shape index (κ3) is 6.71. The fourth-order valence-corrected chi connectivity index (χ4v) is 3.56. The molecule has 2 saturated heterocycles. The molecule has 162 valence electrons. The average molecular weight is 407 g/mol. The molecule has 2 fully saturated rings. The number of rotatable bonds is 6. The van der Waals surface area contributed by atoms with Crippen LogP contribution in [0, 0.1) is 6.92 Å². The van der Waals surface area contributed by atoms with Crippen molar-refractivity contribution >= 4 is 11.9 Å². The topological polar surface area (TPSA) is 86.4 Å². The number of nitrogens with one attached hydrogen (secondary N) is 1. The van der Waals surface area contributed by atoms with E-state index < -0.39 is 0 Å². The first-order valence-electron chi connectivity index (χ1n) is 10.5. The predicted molar refractivity (Wildman–Crippen MR) is 111 cm³/mol. The van der Waals surface area contributed by atoms with Crippen LogP contribution in [0.3, 0.4) is 0 Å². The first kappa shape index (κ1) is 21.6. The Morgan fingerprint density at radius 3 is 2.72 bits per heavy atom. The van der Waals surface area contributed by atoms with Crippen molar-refractivity contribution < 1.29 is 14.1 Å². The SMILES string of the molecule is Cc1cc(CN2CCN(C(=NCC(=O)N(C)C)NCC3CCCCO3)CC2)no1. The van der Waals surface area contributed by atoms with E-state index >= 15 is 0 Å². The number of aromatic nitrogens is 1. The second-order valence-corrected chi connectivity index (χ2v) is 7.99. The van der Waals surface area contributed by atoms with Crippen LogP contribution >= 0.6 is 0 Å². The monoisotopic (exact) mass is 406 g/mol. The number of aliphatic imine (C=N–C) groups is 1. The molecule has 1 atom stereocenters. The van der Waals surface area contributed by atoms with Crippen molar-refractivity contribution in [1.82, 2.24) is 25.2 Å². The number of piperazine rings is 1. The van der Waals surface area contributed by atoms with Gasteiger partial charge in [0, 0.05) is 66.0 Å². The molecule has 0 radical (unpaired) electrons. The number of guanidine groups is 1. The summed E-state index contributed by atoms with van der Waals surface area (Å²) in [6, 6.07) is 1.98. The fraction of sp³-hybridized carbons (Fsp3) is 0.750. The Labute approximate surface area is 173 Å². The highest BCUT2D eigenvalue weighted by Gasteiger charge is 2.22. The summed E-state index contributed by atoms with van der Waals surface area (Å²) >= 11 is 0. The van der Waals surface area contributed by atoms with E-state index in [0.29, 0.717) is 0 Å². The minimum atomic E-state index is -0.00162. The van der Waals surface area contributed by atoms with Crippen molar-refractivity contribution in [2.24, 2.45) is 4.99 Å². The van der Waals surface area contributed by atoms with Gasteiger partial charge in [0.05, 0.1) is 11.8 Å². The lowest BCUT2D eigenvalue weighted by Crippen LogP contribution is -2.53. The van der Waals surface area contributed by atoms with Crippen molar-refractivity contribution in [1.29, 1.82) is 0 Å². The van der Waals surface area contributed by atoms with Gasteiger partial charge in [0.15, 0.2) is 5.96 Å². The number of nitrogens with zero attached hydrogens (tertiary/aromatic N) is 5. The Morgan fingerprint density at radius 2 is 2.10 bits per heavy atom. The van der Waals surface area contributed by atoms with Crippen LogP contribution in [-0.2, 0) is 16.1 Å². The Kier molecular flexibility index (Phi) is 7.88. The lowest BCUT2D eigenvalue weighted by molar-refractivity contribution is -0.127. The van der Waals surface area contributed by atoms with E-state index in [4.69, 9.17) is 9.26 Å². The maximum atomic E-state index is 12.0. The Bertz CT molecular complexity index is 676. The molecule has 3 rings (SSSR count). The molecule has 9 nitrogen and oxygen atoms in total. The number of ether oxygens (including phenoxy) is 1. The highest BCUT2D eigenvalue weighted by atomic mass is 16.5. The molecule has 1 aromatic heterocycles. The highest BCUT2D eigenvalue weighted by molar-refractivity contribution is 5.85. The van der Waals surface area contributed by atoms with E-state index in [0.717, 1.165) is 76.1 Å². The Morgan fingerprint density at radius 1 is 1.31 bits per heavy atom. The van der Waals surface area contributed by atoms with Gasteiger partial charge in [-0.15, -0.1) is 0 Å². The van der Waals surface area contributed by atoms with Crippen LogP contribution in [0.2, 0.25) is 0 Å². The van der Waals surface area contributed by atoms with E-state index in [1.54, 1.807) is 19.0 Å². The second kappa shape index (κ2) is 10.6. The molecule has 1 unspecified atom stereocenters. The van der Waals surface area contributed by atoms with Gasteiger partial charge in [-0.1, -0.05) is 5.16 Å². The van der Waals surface area contributed by atoms with Crippen LogP contribution in [0.25, 0.3) is 0 Å². The van der Waals surface area contributed by atoms with Crippen molar-refractivity contribution in [2.75, 3.05) is 60.0 Å². The van der Waals surface area contributed by atoms with E-state index in [1.807, 2.05) is 13.0 Å². The quantitative estimate of drug-likeness (QED) is 0.550. The summed E-state index contributed by atoms with van der Waals surface area (Å²) in [6.07, 6.45) is 3.64. The summed E-state index contributed by atoms with van der Waals surface area (Å²) in [5.74, 6) is 1.64. The van der Waals surface area contributed by atoms with Crippen LogP contribution < -0.4 is 5.32 Å². The van der Waals surface area contributed by atoms with Crippen molar-refractivity contribution in [3.8, 4) is 0 Å². The maximum Gasteiger partial charge on any atom is 0.243 e. The molecular formula is C20H34N6O3. The lowest BCUT2D eigenvalue weighted by atomic mass is 10.1. The molecule has 1 N–H and O–H groups in total. The average Bonchev–Trinajstić information content (AvgIpc) is 3.14. The molecule has 0 spiro atoms. The van der Waals surface area contributed by atoms with Crippen LogP contribution in [0.15, 0.2) is 15.6 Å². The largest absolute Gasteiger partial charge is 0.376 e. The highest BCUT2D eigenvalue weighted by Crippen LogP contribution is 2.12. The molecule has 0 aromatic carbocycles. The minimum absolute atomic E-state index is 0.00162. The Balaban J connectivity index is 1.54. The van der Waals surface area contributed by atoms with Gasteiger partial charge in [-0.2, -0.15) is 0 Å². The van der Waals surface area contributed by atoms with Crippen molar-refractivity contribution in [3.05, 3.63) is 17.5 Å². The van der Waals surface area contributed by atoms with Gasteiger partial charge >= 0.3 is 0 Å². The van der Waals surface area contributed by atoms with Crippen LogP contribution in [0.1, 0.15) is 30.7 Å². The first-order valence-corrected chi connectivity index (χ1v) is 10.5. The number of hydrogen-bond acceptors (Lipinski definition) is 6. The lowest BCUT2D eigenvalue weighted by Gasteiger charge is -2.36. The third-order valence-electron chi connectivity index (χ3n) is 5.36. The van der Waals surface area contributed by atoms with E-state index in [9.17, 15) is 4.79 Å². The number of hydrogen-bond donors (Lipinski definition) is 1. The van der Waals surface area contributed by atoms with Gasteiger partial charge in [0.2, 0.25) is 5.91 Å². The van der Waals surface area contributed by atoms with Gasteiger partial charge in [-0.05, 0) is 26.2 Å². The summed E-state index contributed by atoms with van der Waals surface area (Å²) in [5, 5.41) is 7.54. The summed E-state index contributed by atoms with van der Waals surface area (Å²) in [5.41, 5.74) is 0.967. The van der Waals surface area contributed by atoms with Crippen molar-refractivity contribution in [2.45, 2.75) is 38.8 Å². The van der Waals surface area contributed by atoms with Gasteiger partial charge < -0.3 is 24.4 Å². The zero-order valence-electron chi connectivity index (χ0n) is 17.9. The van der Waals surface area contributed by atoms with Gasteiger partial charge in [-0.3, -0.25) is 9.69 Å². The number of carbonyl (C=O) groups is 1. The molecule has 1 aromatic rings. The summed E-state index contributed by atoms with van der Waals surface area (Å²) in [7, 11) is 3.51. The zero-order valence-corrected chi connectivity index (χ0v) is 17.9. The van der Waals surface area contributed by atoms with Crippen LogP contribution in [0.4, 0.5) is 0 Å². The third-order valence-corrected chi connectivity index (χ3v) is 5.36. The molecule has 1 amide bonds. The fourth-order valence-electron chi connectivity index (χ4n) is 3.56. The summed E-state index contributed by atoms with van der Waals surface area (Å²) < 4.78 is 11.0. The zero-order chi connectivity index (χ0) is 20.6. The van der Waals surface area contributed by atoms with Gasteiger partial charge in [0.1, 0.15) is 12.3 Å². The molecule has 3 heterocycles. The van der Waals surface area contributed by atoms with Gasteiger partial charge in [0.25, 0.3) is 0 Å². The summed E-state index contributed by atoms with van der Waals surface area (Å²) in [4.78, 5) is 22.8. The number of likely N-dealkylation sites (N-methyl/N-ethyl adjacent to an activating group) is 1. The Hall–Kier alpha value is -2.13. The second-order valence-electron chi connectivity index (χ2n) is 7.99.